The average Bonchev–Trinajstić information content (AvgIpc) is 4.32. The molecule has 0 unspecified atom stereocenters. The van der Waals surface area contributed by atoms with Crippen molar-refractivity contribution in [3.05, 3.63) is 206 Å². The van der Waals surface area contributed by atoms with Crippen molar-refractivity contribution in [2.24, 2.45) is 0 Å². The first-order valence-electron chi connectivity index (χ1n) is 25.7. The maximum absolute atomic E-state index is 10.6. The number of para-hydroxylation sites is 8. The van der Waals surface area contributed by atoms with E-state index in [1.807, 2.05) is 170 Å². The molecule has 0 aliphatic heterocycles. The molecule has 0 bridgehead atoms. The second-order valence-corrected chi connectivity index (χ2v) is 17.6. The third kappa shape index (κ3) is 4.77. The average molecular weight is 873 g/mol. The number of hydrogen-bond acceptors (Lipinski definition) is 4. The lowest BCUT2D eigenvalue weighted by Crippen LogP contribution is -1.95. The zero-order valence-corrected chi connectivity index (χ0v) is 35.8. The Morgan fingerprint density at radius 2 is 0.456 bits per heavy atom. The van der Waals surface area contributed by atoms with Crippen LogP contribution in [0.15, 0.2) is 224 Å². The molecular formula is C64H34O4. The minimum Gasteiger partial charge on any atom is -0.455 e. The second-order valence-electron chi connectivity index (χ2n) is 17.6. The van der Waals surface area contributed by atoms with E-state index in [9.17, 15) is 8.22 Å². The summed E-state index contributed by atoms with van der Waals surface area (Å²) in [5.74, 6) is 0. The van der Waals surface area contributed by atoms with Crippen LogP contribution in [0.5, 0.6) is 0 Å². The zero-order chi connectivity index (χ0) is 49.4. The van der Waals surface area contributed by atoms with Gasteiger partial charge in [-0.15, -0.1) is 0 Å². The first kappa shape index (κ1) is 30.9. The standard InChI is InChI=1S/C64H34O4/c1-5-25-55-35(13-1)43-17-9-21-47(61(43)65-55)51-33-52(48-22-10-18-44-36-14-2-6-26-56(36)66-62(44)48)40-31-32-42-54(50-24-12-20-46-38-16-4-8-28-58(38)68-64(46)50)34-53(41-30-29-39(51)59(40)60(41)42)49-23-11-19-45-37-15-3-7-27-57(37)67-63(45)49/h1-34H/i29D,30D,31D,32D,33D,34D. The molecule has 0 spiro atoms. The summed E-state index contributed by atoms with van der Waals surface area (Å²) in [6, 6.07) is 53.5. The van der Waals surface area contributed by atoms with Gasteiger partial charge in [0, 0.05) is 65.3 Å². The molecule has 68 heavy (non-hydrogen) atoms. The molecule has 4 aromatic heterocycles. The lowest BCUT2D eigenvalue weighted by atomic mass is 9.81. The molecule has 0 atom stereocenters. The van der Waals surface area contributed by atoms with Gasteiger partial charge in [-0.05, 0) is 90.9 Å². The molecule has 314 valence electrons. The largest absolute Gasteiger partial charge is 0.455 e. The minimum absolute atomic E-state index is 0.0155. The maximum Gasteiger partial charge on any atom is 0.143 e. The molecule has 4 heterocycles. The molecule has 0 radical (unpaired) electrons. The van der Waals surface area contributed by atoms with E-state index < -0.39 is 0 Å². The molecular weight excluding hydrogens is 833 g/mol. The monoisotopic (exact) mass is 872 g/mol. The number of fused-ring (bicyclic) bond motifs is 12. The van der Waals surface area contributed by atoms with E-state index in [0.29, 0.717) is 99.9 Å². The highest BCUT2D eigenvalue weighted by Crippen LogP contribution is 2.52. The van der Waals surface area contributed by atoms with E-state index in [2.05, 4.69) is 0 Å². The highest BCUT2D eigenvalue weighted by molar-refractivity contribution is 6.34. The van der Waals surface area contributed by atoms with Gasteiger partial charge in [-0.3, -0.25) is 0 Å². The summed E-state index contributed by atoms with van der Waals surface area (Å²) in [7, 11) is 0. The van der Waals surface area contributed by atoms with Gasteiger partial charge >= 0.3 is 0 Å². The van der Waals surface area contributed by atoms with Crippen LogP contribution in [0, 0.1) is 0 Å². The second kappa shape index (κ2) is 13.3. The molecule has 0 aliphatic rings. The van der Waals surface area contributed by atoms with Crippen molar-refractivity contribution in [3.63, 3.8) is 0 Å². The molecule has 0 saturated heterocycles. The Labute approximate surface area is 395 Å². The van der Waals surface area contributed by atoms with Crippen LogP contribution in [0.25, 0.3) is 165 Å². The highest BCUT2D eigenvalue weighted by Gasteiger charge is 2.26. The lowest BCUT2D eigenvalue weighted by molar-refractivity contribution is 0.669. The number of rotatable bonds is 4. The molecule has 16 aromatic rings. The van der Waals surface area contributed by atoms with E-state index >= 15 is 0 Å². The van der Waals surface area contributed by atoms with E-state index in [4.69, 9.17) is 17.7 Å². The Hall–Kier alpha value is -9.12. The number of benzene rings is 12. The van der Waals surface area contributed by atoms with Crippen LogP contribution in [0.2, 0.25) is 0 Å². The van der Waals surface area contributed by atoms with Crippen molar-refractivity contribution in [3.8, 4) is 44.5 Å². The van der Waals surface area contributed by atoms with Crippen LogP contribution in [0.4, 0.5) is 0 Å². The molecule has 0 fully saturated rings. The Balaban J connectivity index is 1.19. The third-order valence-electron chi connectivity index (χ3n) is 14.1. The zero-order valence-electron chi connectivity index (χ0n) is 41.8. The summed E-state index contributed by atoms with van der Waals surface area (Å²) >= 11 is 0. The Kier molecular flexibility index (Phi) is 6.02. The first-order valence-corrected chi connectivity index (χ1v) is 22.7. The molecule has 0 amide bonds. The van der Waals surface area contributed by atoms with Crippen molar-refractivity contribution < 1.29 is 25.9 Å². The van der Waals surface area contributed by atoms with Crippen molar-refractivity contribution in [2.45, 2.75) is 0 Å². The van der Waals surface area contributed by atoms with E-state index in [0.717, 1.165) is 43.1 Å². The van der Waals surface area contributed by atoms with Gasteiger partial charge in [-0.2, -0.15) is 0 Å². The SMILES string of the molecule is [2H]c1c(-c2cccc3c2oc2ccccc23)c2c([2H])c([2H])c3c(-c4cccc5c4oc4ccccc45)c([2H])c(-c4cccc5c4oc4ccccc45)c4c([2H])c([2H])c(c1-c1cccc5c1oc1ccccc15)c2c34. The molecule has 0 N–H and O–H groups in total. The highest BCUT2D eigenvalue weighted by atomic mass is 16.3. The topological polar surface area (TPSA) is 52.6 Å². The van der Waals surface area contributed by atoms with Crippen LogP contribution in [-0.2, 0) is 0 Å². The quantitative estimate of drug-likeness (QED) is 0.165. The van der Waals surface area contributed by atoms with E-state index in [1.165, 1.54) is 0 Å². The van der Waals surface area contributed by atoms with Gasteiger partial charge in [-0.25, -0.2) is 0 Å². The fraction of sp³-hybridized carbons (Fsp3) is 0. The predicted molar refractivity (Wildman–Crippen MR) is 281 cm³/mol. The fourth-order valence-electron chi connectivity index (χ4n) is 11.1. The Morgan fingerprint density at radius 1 is 0.221 bits per heavy atom. The van der Waals surface area contributed by atoms with Crippen molar-refractivity contribution in [1.29, 1.82) is 0 Å². The summed E-state index contributed by atoms with van der Waals surface area (Å²) < 4.78 is 89.7. The predicted octanol–water partition coefficient (Wildman–Crippen LogP) is 18.8. The van der Waals surface area contributed by atoms with E-state index in [-0.39, 0.29) is 57.8 Å². The van der Waals surface area contributed by atoms with Gasteiger partial charge in [0.1, 0.15) is 44.7 Å². The normalized spacial score (nSPS) is 13.6. The maximum atomic E-state index is 10.6. The molecule has 4 nitrogen and oxygen atoms in total. The van der Waals surface area contributed by atoms with Crippen molar-refractivity contribution >= 4 is 120 Å². The van der Waals surface area contributed by atoms with Crippen LogP contribution >= 0.6 is 0 Å². The molecule has 4 heteroatoms. The molecule has 0 saturated carbocycles. The third-order valence-corrected chi connectivity index (χ3v) is 14.1. The van der Waals surface area contributed by atoms with Gasteiger partial charge < -0.3 is 17.7 Å². The Bertz CT molecular complexity index is 4530. The van der Waals surface area contributed by atoms with Crippen molar-refractivity contribution in [1.82, 2.24) is 0 Å². The summed E-state index contributed by atoms with van der Waals surface area (Å²) in [4.78, 5) is 0. The summed E-state index contributed by atoms with van der Waals surface area (Å²) in [5, 5.41) is 8.67. The molecule has 16 rings (SSSR count). The first-order chi connectivity index (χ1) is 36.3. The lowest BCUT2D eigenvalue weighted by Gasteiger charge is -2.21. The number of furan rings is 4. The molecule has 12 aromatic carbocycles. The van der Waals surface area contributed by atoms with Crippen LogP contribution < -0.4 is 0 Å². The number of hydrogen-bond donors (Lipinski definition) is 0. The minimum atomic E-state index is -0.199. The van der Waals surface area contributed by atoms with Gasteiger partial charge in [0.05, 0.1) is 8.22 Å². The van der Waals surface area contributed by atoms with E-state index in [1.54, 1.807) is 0 Å². The fourth-order valence-corrected chi connectivity index (χ4v) is 11.1. The summed E-state index contributed by atoms with van der Waals surface area (Å²) in [5.41, 5.74) is 8.11. The van der Waals surface area contributed by atoms with Gasteiger partial charge in [-0.1, -0.05) is 170 Å². The summed E-state index contributed by atoms with van der Waals surface area (Å²) in [6.45, 7) is 0. The van der Waals surface area contributed by atoms with Crippen LogP contribution in [0.3, 0.4) is 0 Å². The smallest absolute Gasteiger partial charge is 0.143 e. The van der Waals surface area contributed by atoms with Gasteiger partial charge in [0.15, 0.2) is 0 Å². The summed E-state index contributed by atoms with van der Waals surface area (Å²) in [6.07, 6.45) is 0. The Morgan fingerprint density at radius 3 is 0.721 bits per heavy atom. The molecule has 0 aliphatic carbocycles. The van der Waals surface area contributed by atoms with Crippen LogP contribution in [0.1, 0.15) is 8.22 Å². The van der Waals surface area contributed by atoms with Gasteiger partial charge in [0.25, 0.3) is 0 Å². The van der Waals surface area contributed by atoms with Gasteiger partial charge in [0.2, 0.25) is 0 Å². The van der Waals surface area contributed by atoms with Crippen LogP contribution in [-0.4, -0.2) is 0 Å². The van der Waals surface area contributed by atoms with Crippen molar-refractivity contribution in [2.75, 3.05) is 0 Å².